The molecular formula is C11H17N9O. The van der Waals surface area contributed by atoms with Gasteiger partial charge in [0.25, 0.3) is 5.95 Å². The minimum Gasteiger partial charge on any atom is -0.378 e. The Bertz CT molecular complexity index is 587. The molecule has 2 aromatic rings. The number of hydrazine groups is 1. The molecule has 2 atom stereocenters. The summed E-state index contributed by atoms with van der Waals surface area (Å²) in [5, 5.41) is 7.29. The van der Waals surface area contributed by atoms with E-state index in [0.29, 0.717) is 11.9 Å². The summed E-state index contributed by atoms with van der Waals surface area (Å²) in [6, 6.07) is 0.255. The van der Waals surface area contributed by atoms with Crippen molar-refractivity contribution in [3.63, 3.8) is 0 Å². The molecular weight excluding hydrogens is 274 g/mol. The predicted molar refractivity (Wildman–Crippen MR) is 74.6 cm³/mol. The molecule has 4 N–H and O–H groups in total. The van der Waals surface area contributed by atoms with Crippen LogP contribution >= 0.6 is 0 Å². The number of nitrogens with one attached hydrogen (secondary N) is 2. The van der Waals surface area contributed by atoms with Crippen LogP contribution in [0.2, 0.25) is 0 Å². The maximum Gasteiger partial charge on any atom is 0.258 e. The third-order valence-electron chi connectivity index (χ3n) is 3.19. The lowest BCUT2D eigenvalue weighted by atomic mass is 10.0. The first-order chi connectivity index (χ1) is 10.2. The highest BCUT2D eigenvalue weighted by Gasteiger charge is 2.20. The van der Waals surface area contributed by atoms with Gasteiger partial charge in [0.2, 0.25) is 11.9 Å². The van der Waals surface area contributed by atoms with Crippen LogP contribution in [0, 0.1) is 0 Å². The largest absolute Gasteiger partial charge is 0.378 e. The number of nitrogens with zero attached hydrogens (tertiary/aromatic N) is 6. The van der Waals surface area contributed by atoms with Gasteiger partial charge in [0.15, 0.2) is 0 Å². The molecule has 10 nitrogen and oxygen atoms in total. The molecule has 0 amide bonds. The van der Waals surface area contributed by atoms with E-state index >= 15 is 0 Å². The van der Waals surface area contributed by atoms with E-state index in [2.05, 4.69) is 42.7 Å². The molecule has 3 rings (SSSR count). The molecule has 1 fully saturated rings. The van der Waals surface area contributed by atoms with Gasteiger partial charge in [0.1, 0.15) is 12.7 Å². The Morgan fingerprint density at radius 2 is 2.19 bits per heavy atom. The molecule has 3 heterocycles. The van der Waals surface area contributed by atoms with Crippen LogP contribution in [0.4, 0.5) is 11.9 Å². The summed E-state index contributed by atoms with van der Waals surface area (Å²) in [4.78, 5) is 16.6. The predicted octanol–water partition coefficient (Wildman–Crippen LogP) is -0.283. The maximum atomic E-state index is 5.53. The number of ether oxygens (including phenoxy) is 1. The summed E-state index contributed by atoms with van der Waals surface area (Å²) in [5.74, 6) is 6.45. The second-order valence-corrected chi connectivity index (χ2v) is 4.81. The van der Waals surface area contributed by atoms with Crippen LogP contribution in [0.5, 0.6) is 0 Å². The van der Waals surface area contributed by atoms with Crippen molar-refractivity contribution in [1.82, 2.24) is 29.7 Å². The Labute approximate surface area is 121 Å². The van der Waals surface area contributed by atoms with Gasteiger partial charge in [-0.25, -0.2) is 10.8 Å². The lowest BCUT2D eigenvalue weighted by Crippen LogP contribution is -2.33. The van der Waals surface area contributed by atoms with E-state index in [0.717, 1.165) is 19.4 Å². The molecule has 0 saturated carbocycles. The lowest BCUT2D eigenvalue weighted by molar-refractivity contribution is 0.0231. The summed E-state index contributed by atoms with van der Waals surface area (Å²) < 4.78 is 6.97. The molecule has 10 heteroatoms. The highest BCUT2D eigenvalue weighted by molar-refractivity contribution is 5.37. The third kappa shape index (κ3) is 3.23. The first-order valence-corrected chi connectivity index (χ1v) is 6.70. The first kappa shape index (κ1) is 13.6. The van der Waals surface area contributed by atoms with Gasteiger partial charge in [-0.3, -0.25) is 5.43 Å². The van der Waals surface area contributed by atoms with Crippen LogP contribution in [0.1, 0.15) is 19.8 Å². The third-order valence-corrected chi connectivity index (χ3v) is 3.19. The Morgan fingerprint density at radius 3 is 2.90 bits per heavy atom. The second-order valence-electron chi connectivity index (χ2n) is 4.81. The molecule has 1 aliphatic heterocycles. The van der Waals surface area contributed by atoms with Crippen LogP contribution in [0.3, 0.4) is 0 Å². The van der Waals surface area contributed by atoms with E-state index in [1.807, 2.05) is 0 Å². The quantitative estimate of drug-likeness (QED) is 0.514. The summed E-state index contributed by atoms with van der Waals surface area (Å²) in [7, 11) is 0. The van der Waals surface area contributed by atoms with Gasteiger partial charge in [-0.05, 0) is 19.8 Å². The average molecular weight is 291 g/mol. The molecule has 0 bridgehead atoms. The van der Waals surface area contributed by atoms with Crippen molar-refractivity contribution in [2.45, 2.75) is 31.9 Å². The van der Waals surface area contributed by atoms with Gasteiger partial charge in [-0.2, -0.15) is 24.7 Å². The van der Waals surface area contributed by atoms with Crippen molar-refractivity contribution in [1.29, 1.82) is 0 Å². The Hall–Kier alpha value is -2.33. The molecule has 1 aliphatic rings. The molecule has 2 aromatic heterocycles. The van der Waals surface area contributed by atoms with Crippen molar-refractivity contribution in [2.75, 3.05) is 17.3 Å². The van der Waals surface area contributed by atoms with Gasteiger partial charge in [0, 0.05) is 12.6 Å². The normalized spacial score (nSPS) is 22.0. The number of rotatable bonds is 4. The maximum absolute atomic E-state index is 5.53. The fourth-order valence-electron chi connectivity index (χ4n) is 2.22. The summed E-state index contributed by atoms with van der Waals surface area (Å²) in [6.07, 6.45) is 4.94. The Morgan fingerprint density at radius 1 is 1.33 bits per heavy atom. The molecule has 0 radical (unpaired) electrons. The molecule has 2 unspecified atom stereocenters. The number of nitrogens with two attached hydrogens (primary N) is 1. The van der Waals surface area contributed by atoms with Gasteiger partial charge < -0.3 is 10.1 Å². The number of anilines is 2. The Balaban J connectivity index is 1.82. The van der Waals surface area contributed by atoms with Crippen LogP contribution in [0.15, 0.2) is 12.7 Å². The van der Waals surface area contributed by atoms with Gasteiger partial charge in [-0.1, -0.05) is 0 Å². The van der Waals surface area contributed by atoms with Crippen LogP contribution in [0.25, 0.3) is 5.95 Å². The molecule has 21 heavy (non-hydrogen) atoms. The van der Waals surface area contributed by atoms with E-state index in [1.54, 1.807) is 0 Å². The van der Waals surface area contributed by atoms with E-state index < -0.39 is 0 Å². The highest BCUT2D eigenvalue weighted by Crippen LogP contribution is 2.17. The topological polar surface area (TPSA) is 129 Å². The zero-order chi connectivity index (χ0) is 14.7. The van der Waals surface area contributed by atoms with E-state index in [-0.39, 0.29) is 18.1 Å². The molecule has 1 saturated heterocycles. The van der Waals surface area contributed by atoms with Gasteiger partial charge >= 0.3 is 0 Å². The van der Waals surface area contributed by atoms with Crippen molar-refractivity contribution in [3.8, 4) is 5.95 Å². The molecule has 0 spiro atoms. The van der Waals surface area contributed by atoms with Crippen molar-refractivity contribution in [2.24, 2.45) is 5.84 Å². The monoisotopic (exact) mass is 291 g/mol. The van der Waals surface area contributed by atoms with Crippen molar-refractivity contribution in [3.05, 3.63) is 12.7 Å². The SMILES string of the molecule is CC1CC(Nc2nc(NN)nc(-n3cncn3)n2)CCO1. The fraction of sp³-hybridized carbons (Fsp3) is 0.545. The van der Waals surface area contributed by atoms with Gasteiger partial charge in [0.05, 0.1) is 6.10 Å². The van der Waals surface area contributed by atoms with Crippen molar-refractivity contribution < 1.29 is 4.74 Å². The van der Waals surface area contributed by atoms with E-state index in [4.69, 9.17) is 10.6 Å². The molecule has 0 aromatic carbocycles. The standard InChI is InChI=1S/C11H17N9O/c1-7-4-8(2-3-21-7)15-9-16-10(19-12)18-11(17-9)20-6-13-5-14-20/h5-8H,2-4,12H2,1H3,(H2,15,16,17,18,19). The summed E-state index contributed by atoms with van der Waals surface area (Å²) in [6.45, 7) is 2.77. The zero-order valence-electron chi connectivity index (χ0n) is 11.6. The average Bonchev–Trinajstić information content (AvgIpc) is 3.01. The number of aromatic nitrogens is 6. The van der Waals surface area contributed by atoms with Crippen molar-refractivity contribution >= 4 is 11.9 Å². The smallest absolute Gasteiger partial charge is 0.258 e. The molecule has 112 valence electrons. The lowest BCUT2D eigenvalue weighted by Gasteiger charge is -2.27. The number of hydrogen-bond donors (Lipinski definition) is 3. The minimum absolute atomic E-state index is 0.222. The zero-order valence-corrected chi connectivity index (χ0v) is 11.6. The minimum atomic E-state index is 0.222. The Kier molecular flexibility index (Phi) is 3.88. The number of nitrogen functional groups attached to an aromatic ring is 1. The highest BCUT2D eigenvalue weighted by atomic mass is 16.5. The summed E-state index contributed by atoms with van der Waals surface area (Å²) >= 11 is 0. The number of hydrogen-bond acceptors (Lipinski definition) is 9. The van der Waals surface area contributed by atoms with Crippen LogP contribution in [-0.2, 0) is 4.74 Å². The second kappa shape index (κ2) is 5.97. The first-order valence-electron chi connectivity index (χ1n) is 6.70. The van der Waals surface area contributed by atoms with E-state index in [1.165, 1.54) is 17.3 Å². The van der Waals surface area contributed by atoms with E-state index in [9.17, 15) is 0 Å². The fourth-order valence-corrected chi connectivity index (χ4v) is 2.22. The summed E-state index contributed by atoms with van der Waals surface area (Å²) in [5.41, 5.74) is 2.43. The van der Waals surface area contributed by atoms with Crippen LogP contribution in [-0.4, -0.2) is 48.5 Å². The van der Waals surface area contributed by atoms with Gasteiger partial charge in [-0.15, -0.1) is 0 Å². The molecule has 0 aliphatic carbocycles. The van der Waals surface area contributed by atoms with Crippen LogP contribution < -0.4 is 16.6 Å².